The Kier molecular flexibility index (Phi) is 65.4. The van der Waals surface area contributed by atoms with E-state index in [1.807, 2.05) is 21.1 Å². The van der Waals surface area contributed by atoms with Crippen LogP contribution in [-0.2, 0) is 32.7 Å². The highest BCUT2D eigenvalue weighted by Gasteiger charge is 2.22. The van der Waals surface area contributed by atoms with Crippen LogP contribution >= 0.6 is 7.82 Å². The number of quaternary nitrogens is 1. The Morgan fingerprint density at radius 3 is 0.870 bits per heavy atom. The fraction of sp³-hybridized carbons (Fsp3) is 0.537. The Balaban J connectivity index is 4.22. The second-order valence-corrected chi connectivity index (χ2v) is 25.2. The number of hydrogen-bond acceptors (Lipinski definition) is 8. The highest BCUT2D eigenvalue weighted by Crippen LogP contribution is 2.38. The van der Waals surface area contributed by atoms with Crippen molar-refractivity contribution in [2.45, 2.75) is 238 Å². The van der Waals surface area contributed by atoms with Crippen LogP contribution in [0.2, 0.25) is 0 Å². The number of rotatable bonds is 62. The molecule has 0 rings (SSSR count). The van der Waals surface area contributed by atoms with Gasteiger partial charge in [-0.25, -0.2) is 0 Å². The summed E-state index contributed by atoms with van der Waals surface area (Å²) in [7, 11) is 1.11. The van der Waals surface area contributed by atoms with Gasteiger partial charge in [-0.1, -0.05) is 284 Å². The summed E-state index contributed by atoms with van der Waals surface area (Å²) in [6.45, 7) is 3.94. The number of ether oxygens (including phenoxy) is 2. The van der Waals surface area contributed by atoms with E-state index in [0.717, 1.165) is 167 Å². The van der Waals surface area contributed by atoms with E-state index in [4.69, 9.17) is 18.5 Å². The molecule has 2 unspecified atom stereocenters. The number of unbranched alkanes of at least 4 members (excludes halogenated alkanes) is 12. The molecular weight excluding hydrogens is 1160 g/mol. The number of nitrogens with zero attached hydrogens (tertiary/aromatic N) is 1. The molecule has 514 valence electrons. The van der Waals surface area contributed by atoms with Gasteiger partial charge in [0.15, 0.2) is 6.10 Å². The third-order valence-electron chi connectivity index (χ3n) is 14.0. The number of carbonyl (C=O) groups excluding carboxylic acids is 2. The second-order valence-electron chi connectivity index (χ2n) is 23.8. The van der Waals surface area contributed by atoms with Crippen LogP contribution in [0.15, 0.2) is 219 Å². The first-order valence-corrected chi connectivity index (χ1v) is 36.9. The molecule has 0 aromatic carbocycles. The zero-order chi connectivity index (χ0) is 66.9. The van der Waals surface area contributed by atoms with Crippen LogP contribution in [-0.4, -0.2) is 70.0 Å². The first-order chi connectivity index (χ1) is 45.0. The lowest BCUT2D eigenvalue weighted by molar-refractivity contribution is -0.870. The SMILES string of the molecule is CC/C=C\C/C=C\C/C=C\C/C=C\C/C=C\C/C=C\C/C=C\C/C=C\C/C=C\C/C=C\C/C=C\C/C=C\CCCCCCC(=O)OC(COC(=O)CCCCCCCCCC/C=C\C/C=C\C/C=C\C/C=C\C/C=C\C/C=C\CC)COP(=O)([O-])OCC[N+](C)(C)C. The molecule has 10 heteroatoms. The topological polar surface area (TPSA) is 111 Å². The third-order valence-corrected chi connectivity index (χ3v) is 15.0. The van der Waals surface area contributed by atoms with Gasteiger partial charge < -0.3 is 27.9 Å². The van der Waals surface area contributed by atoms with Gasteiger partial charge >= 0.3 is 11.9 Å². The molecule has 0 saturated heterocycles. The molecule has 92 heavy (non-hydrogen) atoms. The molecule has 0 N–H and O–H groups in total. The average Bonchev–Trinajstić information content (AvgIpc) is 2.23. The zero-order valence-electron chi connectivity index (χ0n) is 58.4. The Hall–Kier alpha value is -5.67. The zero-order valence-corrected chi connectivity index (χ0v) is 59.3. The molecule has 0 heterocycles. The molecule has 0 radical (unpaired) electrons. The van der Waals surface area contributed by atoms with Gasteiger partial charge in [0.25, 0.3) is 7.82 Å². The largest absolute Gasteiger partial charge is 0.756 e. The van der Waals surface area contributed by atoms with E-state index < -0.39 is 32.5 Å². The van der Waals surface area contributed by atoms with Crippen LogP contribution < -0.4 is 4.89 Å². The molecule has 0 aliphatic rings. The fourth-order valence-electron chi connectivity index (χ4n) is 8.64. The van der Waals surface area contributed by atoms with Crippen molar-refractivity contribution < 1.29 is 42.1 Å². The maximum Gasteiger partial charge on any atom is 0.306 e. The molecule has 0 aliphatic heterocycles. The Bertz CT molecular complexity index is 2360. The predicted octanol–water partition coefficient (Wildman–Crippen LogP) is 23.0. The Morgan fingerprint density at radius 2 is 0.587 bits per heavy atom. The molecular formula is C82H128NO8P. The number of phosphoric acid groups is 1. The van der Waals surface area contributed by atoms with Crippen LogP contribution in [0.5, 0.6) is 0 Å². The Morgan fingerprint density at radius 1 is 0.337 bits per heavy atom. The summed E-state index contributed by atoms with van der Waals surface area (Å²) in [4.78, 5) is 38.1. The quantitative estimate of drug-likeness (QED) is 0.0195. The first-order valence-electron chi connectivity index (χ1n) is 35.4. The standard InChI is InChI=1S/C82H128NO8P/c1-6-8-10-12-14-16-18-20-22-24-26-28-30-32-34-35-36-37-38-39-40-41-42-43-44-45-46-47-49-51-53-55-57-59-61-63-65-67-69-71-73-75-82(85)91-80(79-90-92(86,87)89-77-76-83(3,4)5)78-88-81(84)74-72-70-68-66-64-62-60-58-56-54-52-50-48-33-31-29-27-25-23-21-19-17-15-13-11-9-7-2/h8-11,14-17,20-23,26-29,32-34,36-37,39-40,42-43,45-46,48-49,51-52,54-55,57,61,63,80H,6-7,12-13,18-19,24-25,30-31,35,38,41,44,47,50,53,56,58-60,62,64-79H2,1-5H3/b10-8-,11-9-,16-14-,17-15-,22-20-,23-21-,28-26-,29-27-,34-32-,37-36-,40-39-,43-42-,46-45-,48-33-,51-49-,54-52-,57-55-,63-61-. The lowest BCUT2D eigenvalue weighted by Gasteiger charge is -2.28. The molecule has 0 bridgehead atoms. The van der Waals surface area contributed by atoms with Crippen molar-refractivity contribution in [3.05, 3.63) is 219 Å². The van der Waals surface area contributed by atoms with Crippen LogP contribution in [0, 0.1) is 0 Å². The van der Waals surface area contributed by atoms with E-state index in [0.29, 0.717) is 23.9 Å². The van der Waals surface area contributed by atoms with Crippen molar-refractivity contribution in [3.63, 3.8) is 0 Å². The predicted molar refractivity (Wildman–Crippen MR) is 396 cm³/mol. The highest BCUT2D eigenvalue weighted by atomic mass is 31.2. The number of likely N-dealkylation sites (N-methyl/N-ethyl adjacent to an activating group) is 1. The lowest BCUT2D eigenvalue weighted by Crippen LogP contribution is -2.37. The summed E-state index contributed by atoms with van der Waals surface area (Å²) in [5.74, 6) is -0.890. The van der Waals surface area contributed by atoms with Gasteiger partial charge in [-0.15, -0.1) is 0 Å². The van der Waals surface area contributed by atoms with Gasteiger partial charge in [-0.2, -0.15) is 0 Å². The van der Waals surface area contributed by atoms with E-state index in [9.17, 15) is 19.0 Å². The summed E-state index contributed by atoms with van der Waals surface area (Å²) in [6.07, 6.45) is 112. The minimum atomic E-state index is -4.67. The molecule has 0 aromatic heterocycles. The molecule has 0 aromatic rings. The molecule has 9 nitrogen and oxygen atoms in total. The van der Waals surface area contributed by atoms with Crippen LogP contribution in [0.4, 0.5) is 0 Å². The van der Waals surface area contributed by atoms with Crippen LogP contribution in [0.1, 0.15) is 232 Å². The van der Waals surface area contributed by atoms with Gasteiger partial charge in [0.2, 0.25) is 0 Å². The van der Waals surface area contributed by atoms with Crippen molar-refractivity contribution in [2.24, 2.45) is 0 Å². The highest BCUT2D eigenvalue weighted by molar-refractivity contribution is 7.45. The van der Waals surface area contributed by atoms with Crippen molar-refractivity contribution in [3.8, 4) is 0 Å². The van der Waals surface area contributed by atoms with Gasteiger partial charge in [0.1, 0.15) is 19.8 Å². The smallest absolute Gasteiger partial charge is 0.306 e. The van der Waals surface area contributed by atoms with E-state index in [2.05, 4.69) is 233 Å². The molecule has 2 atom stereocenters. The van der Waals surface area contributed by atoms with Gasteiger partial charge in [-0.3, -0.25) is 14.2 Å². The van der Waals surface area contributed by atoms with Crippen molar-refractivity contribution in [1.29, 1.82) is 0 Å². The molecule has 0 saturated carbocycles. The van der Waals surface area contributed by atoms with Crippen molar-refractivity contribution in [2.75, 3.05) is 47.5 Å². The first kappa shape index (κ1) is 86.3. The minimum Gasteiger partial charge on any atom is -0.756 e. The van der Waals surface area contributed by atoms with E-state index >= 15 is 0 Å². The fourth-order valence-corrected chi connectivity index (χ4v) is 9.37. The monoisotopic (exact) mass is 1290 g/mol. The Labute approximate surface area is 563 Å². The van der Waals surface area contributed by atoms with Crippen LogP contribution in [0.25, 0.3) is 0 Å². The van der Waals surface area contributed by atoms with Gasteiger partial charge in [0, 0.05) is 12.8 Å². The van der Waals surface area contributed by atoms with E-state index in [1.54, 1.807) is 0 Å². The summed E-state index contributed by atoms with van der Waals surface area (Å²) in [5.41, 5.74) is 0. The maximum atomic E-state index is 12.9. The summed E-state index contributed by atoms with van der Waals surface area (Å²) in [5, 5.41) is 0. The number of allylic oxidation sites excluding steroid dienone is 36. The van der Waals surface area contributed by atoms with E-state index in [-0.39, 0.29) is 26.1 Å². The third kappa shape index (κ3) is 73.4. The minimum absolute atomic E-state index is 0.0502. The molecule has 0 aliphatic carbocycles. The molecule has 0 fully saturated rings. The number of esters is 2. The normalized spacial score (nSPS) is 14.5. The second kappa shape index (κ2) is 69.7. The van der Waals surface area contributed by atoms with Crippen molar-refractivity contribution in [1.82, 2.24) is 0 Å². The molecule has 0 spiro atoms. The number of hydrogen-bond donors (Lipinski definition) is 0. The number of phosphoric ester groups is 1. The van der Waals surface area contributed by atoms with Gasteiger partial charge in [0.05, 0.1) is 27.7 Å². The molecule has 0 amide bonds. The summed E-state index contributed by atoms with van der Waals surface area (Å²) >= 11 is 0. The average molecular weight is 1290 g/mol. The van der Waals surface area contributed by atoms with Gasteiger partial charge in [-0.05, 0) is 154 Å². The van der Waals surface area contributed by atoms with Crippen LogP contribution in [0.3, 0.4) is 0 Å². The number of carbonyl (C=O) groups is 2. The van der Waals surface area contributed by atoms with Crippen molar-refractivity contribution >= 4 is 19.8 Å². The lowest BCUT2D eigenvalue weighted by atomic mass is 10.1. The summed E-state index contributed by atoms with van der Waals surface area (Å²) in [6, 6.07) is 0. The van der Waals surface area contributed by atoms with E-state index in [1.165, 1.54) is 25.7 Å². The maximum absolute atomic E-state index is 12.9. The summed E-state index contributed by atoms with van der Waals surface area (Å²) < 4.78 is 34.2.